The van der Waals surface area contributed by atoms with Gasteiger partial charge in [0.2, 0.25) is 5.88 Å². The quantitative estimate of drug-likeness (QED) is 0.426. The zero-order valence-corrected chi connectivity index (χ0v) is 19.8. The van der Waals surface area contributed by atoms with E-state index in [0.717, 1.165) is 36.4 Å². The van der Waals surface area contributed by atoms with E-state index < -0.39 is 5.97 Å². The molecule has 1 fully saturated rings. The highest BCUT2D eigenvalue weighted by Gasteiger charge is 2.22. The summed E-state index contributed by atoms with van der Waals surface area (Å²) in [6.45, 7) is 6.32. The topological polar surface area (TPSA) is 65.8 Å². The molecule has 1 aliphatic heterocycles. The Balaban J connectivity index is 1.59. The van der Waals surface area contributed by atoms with Crippen LogP contribution < -0.4 is 4.74 Å². The molecule has 0 radical (unpaired) electrons. The fraction of sp³-hybridized carbons (Fsp3) is 0.333. The number of carbonyl (C=O) groups is 1. The molecule has 0 amide bonds. The molecule has 0 saturated carbocycles. The molecule has 1 aromatic heterocycles. The minimum Gasteiger partial charge on any atom is -0.476 e. The number of benzene rings is 2. The average molecular weight is 490 g/mol. The maximum Gasteiger partial charge on any atom is 0.345 e. The van der Waals surface area contributed by atoms with E-state index in [1.165, 1.54) is 6.20 Å². The Labute approximate surface area is 202 Å². The van der Waals surface area contributed by atoms with Gasteiger partial charge in [-0.2, -0.15) is 5.10 Å². The lowest BCUT2D eigenvalue weighted by atomic mass is 10.1. The van der Waals surface area contributed by atoms with Crippen molar-refractivity contribution in [2.45, 2.75) is 6.92 Å². The SMILES string of the molecule is CCOC(=O)c1cnn(-c2ccc(-c3c(Cl)cccc3Cl)cc2)c1OCCN1CCOCC1. The smallest absolute Gasteiger partial charge is 0.345 e. The van der Waals surface area contributed by atoms with Crippen LogP contribution in [-0.4, -0.2) is 66.7 Å². The Morgan fingerprint density at radius 2 is 1.79 bits per heavy atom. The van der Waals surface area contributed by atoms with Gasteiger partial charge < -0.3 is 14.2 Å². The summed E-state index contributed by atoms with van der Waals surface area (Å²) in [5.41, 5.74) is 2.67. The van der Waals surface area contributed by atoms with Gasteiger partial charge in [0, 0.05) is 35.2 Å². The molecule has 2 heterocycles. The molecule has 9 heteroatoms. The third-order valence-electron chi connectivity index (χ3n) is 5.33. The van der Waals surface area contributed by atoms with Crippen molar-refractivity contribution < 1.29 is 19.0 Å². The van der Waals surface area contributed by atoms with Crippen LogP contribution in [0.2, 0.25) is 10.0 Å². The van der Waals surface area contributed by atoms with Crippen LogP contribution in [0, 0.1) is 0 Å². The highest BCUT2D eigenvalue weighted by molar-refractivity contribution is 6.39. The van der Waals surface area contributed by atoms with Gasteiger partial charge >= 0.3 is 5.97 Å². The Morgan fingerprint density at radius 3 is 2.45 bits per heavy atom. The van der Waals surface area contributed by atoms with Crippen molar-refractivity contribution in [2.24, 2.45) is 0 Å². The Kier molecular flexibility index (Phi) is 7.88. The highest BCUT2D eigenvalue weighted by Crippen LogP contribution is 2.35. The Morgan fingerprint density at radius 1 is 1.09 bits per heavy atom. The number of morpholine rings is 1. The number of ether oxygens (including phenoxy) is 3. The van der Waals surface area contributed by atoms with E-state index in [1.54, 1.807) is 23.7 Å². The van der Waals surface area contributed by atoms with E-state index in [2.05, 4.69) is 10.00 Å². The molecule has 4 rings (SSSR count). The maximum atomic E-state index is 12.5. The highest BCUT2D eigenvalue weighted by atomic mass is 35.5. The molecule has 0 atom stereocenters. The molecule has 0 aliphatic carbocycles. The van der Waals surface area contributed by atoms with Gasteiger partial charge in [-0.25, -0.2) is 9.48 Å². The number of rotatable bonds is 8. The van der Waals surface area contributed by atoms with Crippen LogP contribution in [-0.2, 0) is 9.47 Å². The Hall–Kier alpha value is -2.58. The van der Waals surface area contributed by atoms with Gasteiger partial charge in [0.25, 0.3) is 0 Å². The number of carbonyl (C=O) groups excluding carboxylic acids is 1. The first-order chi connectivity index (χ1) is 16.1. The summed E-state index contributed by atoms with van der Waals surface area (Å²) in [5.74, 6) is -0.116. The van der Waals surface area contributed by atoms with Crippen molar-refractivity contribution in [1.29, 1.82) is 0 Å². The minimum absolute atomic E-state index is 0.268. The van der Waals surface area contributed by atoms with Crippen molar-refractivity contribution >= 4 is 29.2 Å². The summed E-state index contributed by atoms with van der Waals surface area (Å²) < 4.78 is 18.2. The van der Waals surface area contributed by atoms with Crippen LogP contribution in [0.15, 0.2) is 48.7 Å². The van der Waals surface area contributed by atoms with Gasteiger partial charge in [0.05, 0.1) is 31.7 Å². The van der Waals surface area contributed by atoms with E-state index in [1.807, 2.05) is 30.3 Å². The first-order valence-corrected chi connectivity index (χ1v) is 11.6. The normalized spacial score (nSPS) is 14.3. The minimum atomic E-state index is -0.468. The lowest BCUT2D eigenvalue weighted by molar-refractivity contribution is 0.0316. The first-order valence-electron chi connectivity index (χ1n) is 10.8. The summed E-state index contributed by atoms with van der Waals surface area (Å²) >= 11 is 12.7. The zero-order valence-electron chi connectivity index (χ0n) is 18.3. The van der Waals surface area contributed by atoms with E-state index in [-0.39, 0.29) is 12.2 Å². The summed E-state index contributed by atoms with van der Waals surface area (Å²) in [6.07, 6.45) is 1.47. The molecule has 2 aromatic carbocycles. The first kappa shape index (κ1) is 23.6. The molecule has 33 heavy (non-hydrogen) atoms. The van der Waals surface area contributed by atoms with Gasteiger partial charge in [0.1, 0.15) is 12.2 Å². The van der Waals surface area contributed by atoms with Crippen molar-refractivity contribution in [2.75, 3.05) is 46.1 Å². The number of esters is 1. The zero-order chi connectivity index (χ0) is 23.2. The maximum absolute atomic E-state index is 12.5. The number of hydrogen-bond donors (Lipinski definition) is 0. The largest absolute Gasteiger partial charge is 0.476 e. The van der Waals surface area contributed by atoms with Crippen LogP contribution in [0.1, 0.15) is 17.3 Å². The molecule has 1 saturated heterocycles. The van der Waals surface area contributed by atoms with E-state index >= 15 is 0 Å². The van der Waals surface area contributed by atoms with Gasteiger partial charge in [-0.1, -0.05) is 41.4 Å². The molecule has 0 bridgehead atoms. The molecule has 0 N–H and O–H groups in total. The molecule has 3 aromatic rings. The summed E-state index contributed by atoms with van der Waals surface area (Å²) in [4.78, 5) is 14.7. The fourth-order valence-corrected chi connectivity index (χ4v) is 4.26. The number of aromatic nitrogens is 2. The molecular weight excluding hydrogens is 465 g/mol. The Bertz CT molecular complexity index is 1080. The predicted octanol–water partition coefficient (Wildman–Crippen LogP) is 4.73. The molecular formula is C24H25Cl2N3O4. The second kappa shape index (κ2) is 11.0. The lowest BCUT2D eigenvalue weighted by Crippen LogP contribution is -2.38. The summed E-state index contributed by atoms with van der Waals surface area (Å²) in [5, 5.41) is 5.55. The second-order valence-electron chi connectivity index (χ2n) is 7.44. The lowest BCUT2D eigenvalue weighted by Gasteiger charge is -2.26. The average Bonchev–Trinajstić information content (AvgIpc) is 3.24. The van der Waals surface area contributed by atoms with Crippen LogP contribution >= 0.6 is 23.2 Å². The monoisotopic (exact) mass is 489 g/mol. The molecule has 174 valence electrons. The van der Waals surface area contributed by atoms with Crippen LogP contribution in [0.4, 0.5) is 0 Å². The van der Waals surface area contributed by atoms with Crippen LogP contribution in [0.3, 0.4) is 0 Å². The second-order valence-corrected chi connectivity index (χ2v) is 8.26. The molecule has 1 aliphatic rings. The third kappa shape index (κ3) is 5.50. The van der Waals surface area contributed by atoms with Crippen molar-refractivity contribution in [3.8, 4) is 22.7 Å². The van der Waals surface area contributed by atoms with Gasteiger partial charge in [-0.3, -0.25) is 4.90 Å². The summed E-state index contributed by atoms with van der Waals surface area (Å²) in [6, 6.07) is 13.0. The third-order valence-corrected chi connectivity index (χ3v) is 5.96. The van der Waals surface area contributed by atoms with E-state index in [9.17, 15) is 4.79 Å². The van der Waals surface area contributed by atoms with Gasteiger partial charge in [-0.05, 0) is 36.8 Å². The molecule has 0 spiro atoms. The fourth-order valence-electron chi connectivity index (χ4n) is 3.65. The van der Waals surface area contributed by atoms with E-state index in [0.29, 0.717) is 35.7 Å². The van der Waals surface area contributed by atoms with E-state index in [4.69, 9.17) is 37.4 Å². The van der Waals surface area contributed by atoms with Crippen molar-refractivity contribution in [3.05, 3.63) is 64.3 Å². The molecule has 0 unspecified atom stereocenters. The number of hydrogen-bond acceptors (Lipinski definition) is 6. The van der Waals surface area contributed by atoms with Gasteiger partial charge in [-0.15, -0.1) is 0 Å². The standard InChI is InChI=1S/C24H25Cl2N3O4/c1-2-32-24(30)19-16-27-29(23(19)33-15-12-28-10-13-31-14-11-28)18-8-6-17(7-9-18)22-20(25)4-3-5-21(22)26/h3-9,16H,2,10-15H2,1H3. The van der Waals surface area contributed by atoms with Gasteiger partial charge in [0.15, 0.2) is 0 Å². The van der Waals surface area contributed by atoms with Crippen molar-refractivity contribution in [1.82, 2.24) is 14.7 Å². The predicted molar refractivity (Wildman–Crippen MR) is 128 cm³/mol. The number of nitrogens with zero attached hydrogens (tertiary/aromatic N) is 3. The van der Waals surface area contributed by atoms with Crippen LogP contribution in [0.5, 0.6) is 5.88 Å². The summed E-state index contributed by atoms with van der Waals surface area (Å²) in [7, 11) is 0. The number of halogens is 2. The van der Waals surface area contributed by atoms with Crippen LogP contribution in [0.25, 0.3) is 16.8 Å². The van der Waals surface area contributed by atoms with Crippen molar-refractivity contribution in [3.63, 3.8) is 0 Å². The molecule has 7 nitrogen and oxygen atoms in total.